The fourth-order valence-corrected chi connectivity index (χ4v) is 2.63. The summed E-state index contributed by atoms with van der Waals surface area (Å²) >= 11 is 0. The second kappa shape index (κ2) is 12.2. The zero-order valence-corrected chi connectivity index (χ0v) is 17.8. The third kappa shape index (κ3) is 6.88. The van der Waals surface area contributed by atoms with Gasteiger partial charge >= 0.3 is 5.97 Å². The van der Waals surface area contributed by atoms with E-state index in [1.54, 1.807) is 33.3 Å². The molecule has 30 heavy (non-hydrogen) atoms. The molecule has 0 N–H and O–H groups in total. The minimum atomic E-state index is -0.379. The predicted molar refractivity (Wildman–Crippen MR) is 116 cm³/mol. The maximum absolute atomic E-state index is 11.3. The van der Waals surface area contributed by atoms with Crippen LogP contribution in [0.4, 0.5) is 0 Å². The van der Waals surface area contributed by atoms with Crippen molar-refractivity contribution in [3.63, 3.8) is 0 Å². The molecule has 0 aliphatic carbocycles. The Hall–Kier alpha value is -3.41. The van der Waals surface area contributed by atoms with E-state index in [0.717, 1.165) is 16.9 Å². The normalized spacial score (nSPS) is 10.9. The number of carbonyl (C=O) groups is 1. The molecule has 0 amide bonds. The predicted octanol–water partition coefficient (Wildman–Crippen LogP) is 4.81. The number of esters is 1. The minimum absolute atomic E-state index is 0.347. The number of methoxy groups -OCH3 is 2. The second-order valence-corrected chi connectivity index (χ2v) is 6.09. The molecule has 6 nitrogen and oxygen atoms in total. The number of hydrogen-bond acceptors (Lipinski definition) is 6. The monoisotopic (exact) mass is 412 g/mol. The van der Waals surface area contributed by atoms with E-state index in [1.807, 2.05) is 49.4 Å². The highest BCUT2D eigenvalue weighted by Gasteiger charge is 2.14. The van der Waals surface area contributed by atoms with E-state index in [0.29, 0.717) is 37.1 Å². The third-order valence-electron chi connectivity index (χ3n) is 4.02. The fourth-order valence-electron chi connectivity index (χ4n) is 2.63. The molecule has 0 heterocycles. The van der Waals surface area contributed by atoms with Gasteiger partial charge in [0.2, 0.25) is 5.75 Å². The molecule has 2 aromatic carbocycles. The quantitative estimate of drug-likeness (QED) is 0.300. The molecule has 0 spiro atoms. The van der Waals surface area contributed by atoms with E-state index in [-0.39, 0.29) is 5.97 Å². The summed E-state index contributed by atoms with van der Waals surface area (Å²) in [4.78, 5) is 11.3. The van der Waals surface area contributed by atoms with Gasteiger partial charge in [-0.3, -0.25) is 0 Å². The Labute approximate surface area is 177 Å². The first-order valence-corrected chi connectivity index (χ1v) is 9.73. The summed E-state index contributed by atoms with van der Waals surface area (Å²) in [5.41, 5.74) is 1.83. The van der Waals surface area contributed by atoms with Crippen LogP contribution in [0.15, 0.2) is 54.6 Å². The Morgan fingerprint density at radius 3 is 2.13 bits per heavy atom. The van der Waals surface area contributed by atoms with E-state index in [4.69, 9.17) is 23.7 Å². The van der Waals surface area contributed by atoms with Gasteiger partial charge in [-0.25, -0.2) is 4.79 Å². The van der Waals surface area contributed by atoms with Gasteiger partial charge in [0.25, 0.3) is 0 Å². The molecule has 2 aromatic rings. The molecule has 0 atom stereocenters. The molecule has 0 saturated carbocycles. The van der Waals surface area contributed by atoms with Crippen molar-refractivity contribution < 1.29 is 28.5 Å². The maximum Gasteiger partial charge on any atom is 0.330 e. The Morgan fingerprint density at radius 2 is 1.57 bits per heavy atom. The Bertz CT molecular complexity index is 843. The van der Waals surface area contributed by atoms with Crippen molar-refractivity contribution >= 4 is 12.0 Å². The van der Waals surface area contributed by atoms with E-state index in [9.17, 15) is 4.79 Å². The fraction of sp³-hybridized carbons (Fsp3) is 0.292. The van der Waals surface area contributed by atoms with Crippen LogP contribution < -0.4 is 18.9 Å². The molecular formula is C24H28O6. The average molecular weight is 412 g/mol. The van der Waals surface area contributed by atoms with Gasteiger partial charge in [-0.05, 0) is 49.2 Å². The second-order valence-electron chi connectivity index (χ2n) is 6.09. The summed E-state index contributed by atoms with van der Waals surface area (Å²) in [5, 5.41) is 0. The lowest BCUT2D eigenvalue weighted by Crippen LogP contribution is -2.01. The first-order chi connectivity index (χ1) is 14.6. The van der Waals surface area contributed by atoms with Crippen molar-refractivity contribution in [2.24, 2.45) is 0 Å². The smallest absolute Gasteiger partial charge is 0.330 e. The number of carbonyl (C=O) groups excluding carboxylic acids is 1. The van der Waals surface area contributed by atoms with Crippen molar-refractivity contribution in [2.45, 2.75) is 20.5 Å². The Balaban J connectivity index is 2.13. The van der Waals surface area contributed by atoms with Gasteiger partial charge < -0.3 is 23.7 Å². The average Bonchev–Trinajstić information content (AvgIpc) is 2.76. The van der Waals surface area contributed by atoms with Crippen molar-refractivity contribution in [2.75, 3.05) is 27.4 Å². The Morgan fingerprint density at radius 1 is 0.900 bits per heavy atom. The van der Waals surface area contributed by atoms with Gasteiger partial charge in [-0.15, -0.1) is 0 Å². The zero-order chi connectivity index (χ0) is 21.8. The van der Waals surface area contributed by atoms with Crippen LogP contribution in [0.5, 0.6) is 23.0 Å². The number of benzene rings is 2. The van der Waals surface area contributed by atoms with Crippen LogP contribution in [0.3, 0.4) is 0 Å². The molecule has 2 rings (SSSR count). The van der Waals surface area contributed by atoms with Crippen LogP contribution in [0, 0.1) is 0 Å². The topological polar surface area (TPSA) is 63.2 Å². The molecule has 0 radical (unpaired) electrons. The molecule has 0 aliphatic rings. The molecule has 6 heteroatoms. The third-order valence-corrected chi connectivity index (χ3v) is 4.02. The lowest BCUT2D eigenvalue weighted by Gasteiger charge is -2.15. The van der Waals surface area contributed by atoms with Crippen LogP contribution in [0.25, 0.3) is 6.08 Å². The van der Waals surface area contributed by atoms with Gasteiger partial charge in [-0.1, -0.05) is 30.4 Å². The summed E-state index contributed by atoms with van der Waals surface area (Å²) < 4.78 is 27.3. The number of hydrogen-bond donors (Lipinski definition) is 0. The molecule has 0 aliphatic heterocycles. The first kappa shape index (κ1) is 22.9. The highest BCUT2D eigenvalue weighted by Crippen LogP contribution is 2.39. The molecular weight excluding hydrogens is 384 g/mol. The van der Waals surface area contributed by atoms with Gasteiger partial charge in [0.05, 0.1) is 27.4 Å². The molecule has 0 bridgehead atoms. The number of rotatable bonds is 11. The van der Waals surface area contributed by atoms with Gasteiger partial charge in [0.15, 0.2) is 11.5 Å². The van der Waals surface area contributed by atoms with Crippen LogP contribution in [0.2, 0.25) is 0 Å². The van der Waals surface area contributed by atoms with Crippen molar-refractivity contribution in [3.8, 4) is 23.0 Å². The SMILES string of the molecule is CCOC(=O)/C=C/C=C/c1cc(OC)c(OCc2ccc(OCC)cc2)c(OC)c1. The summed E-state index contributed by atoms with van der Waals surface area (Å²) in [5.74, 6) is 2.07. The lowest BCUT2D eigenvalue weighted by atomic mass is 10.1. The van der Waals surface area contributed by atoms with Crippen LogP contribution in [-0.4, -0.2) is 33.4 Å². The zero-order valence-electron chi connectivity index (χ0n) is 17.8. The number of allylic oxidation sites excluding steroid dienone is 2. The standard InChI is InChI=1S/C24H28O6/c1-5-28-20-13-11-18(12-14-20)17-30-24-21(26-3)15-19(16-22(24)27-4)9-7-8-10-23(25)29-6-2/h7-16H,5-6,17H2,1-4H3/b9-7+,10-8+. The van der Waals surface area contributed by atoms with E-state index < -0.39 is 0 Å². The molecule has 0 fully saturated rings. The summed E-state index contributed by atoms with van der Waals surface area (Å²) in [6, 6.07) is 11.4. The molecule has 0 saturated heterocycles. The summed E-state index contributed by atoms with van der Waals surface area (Å²) in [6.45, 7) is 5.05. The van der Waals surface area contributed by atoms with Crippen LogP contribution >= 0.6 is 0 Å². The van der Waals surface area contributed by atoms with Gasteiger partial charge in [0, 0.05) is 6.08 Å². The van der Waals surface area contributed by atoms with E-state index in [2.05, 4.69) is 0 Å². The van der Waals surface area contributed by atoms with E-state index >= 15 is 0 Å². The Kier molecular flexibility index (Phi) is 9.31. The maximum atomic E-state index is 11.3. The van der Waals surface area contributed by atoms with E-state index in [1.165, 1.54) is 6.08 Å². The largest absolute Gasteiger partial charge is 0.494 e. The summed E-state index contributed by atoms with van der Waals surface area (Å²) in [6.07, 6.45) is 6.55. The number of ether oxygens (including phenoxy) is 5. The van der Waals surface area contributed by atoms with Crippen molar-refractivity contribution in [3.05, 3.63) is 65.8 Å². The highest BCUT2D eigenvalue weighted by atomic mass is 16.5. The first-order valence-electron chi connectivity index (χ1n) is 9.73. The highest BCUT2D eigenvalue weighted by molar-refractivity contribution is 5.82. The summed E-state index contributed by atoms with van der Waals surface area (Å²) in [7, 11) is 3.15. The molecule has 0 aromatic heterocycles. The van der Waals surface area contributed by atoms with Crippen molar-refractivity contribution in [1.82, 2.24) is 0 Å². The lowest BCUT2D eigenvalue weighted by molar-refractivity contribution is -0.137. The molecule has 0 unspecified atom stereocenters. The molecule has 160 valence electrons. The van der Waals surface area contributed by atoms with Gasteiger partial charge in [-0.2, -0.15) is 0 Å². The van der Waals surface area contributed by atoms with Crippen LogP contribution in [-0.2, 0) is 16.1 Å². The van der Waals surface area contributed by atoms with Crippen LogP contribution in [0.1, 0.15) is 25.0 Å². The van der Waals surface area contributed by atoms with Gasteiger partial charge in [0.1, 0.15) is 12.4 Å². The van der Waals surface area contributed by atoms with Crippen molar-refractivity contribution in [1.29, 1.82) is 0 Å². The minimum Gasteiger partial charge on any atom is -0.494 e.